The molecule has 2 aromatic carbocycles. The lowest BCUT2D eigenvalue weighted by Crippen LogP contribution is -2.35. The highest BCUT2D eigenvalue weighted by Gasteiger charge is 2.23. The van der Waals surface area contributed by atoms with Crippen molar-refractivity contribution in [1.29, 1.82) is 0 Å². The summed E-state index contributed by atoms with van der Waals surface area (Å²) in [4.78, 5) is 26.2. The van der Waals surface area contributed by atoms with Crippen LogP contribution in [0.25, 0.3) is 0 Å². The number of benzene rings is 2. The van der Waals surface area contributed by atoms with E-state index >= 15 is 0 Å². The number of carbonyl (C=O) groups excluding carboxylic acids is 2. The zero-order valence-electron chi connectivity index (χ0n) is 17.2. The lowest BCUT2D eigenvalue weighted by molar-refractivity contribution is -0.116. The number of hydrogen-bond acceptors (Lipinski definition) is 4. The molecule has 0 saturated carbocycles. The van der Waals surface area contributed by atoms with E-state index in [1.54, 1.807) is 26.0 Å². The fourth-order valence-corrected chi connectivity index (χ4v) is 4.35. The average molecular weight is 418 g/mol. The van der Waals surface area contributed by atoms with Gasteiger partial charge in [-0.15, -0.1) is 0 Å². The van der Waals surface area contributed by atoms with Crippen LogP contribution in [0.3, 0.4) is 0 Å². The number of nitrogens with one attached hydrogen (secondary N) is 1. The highest BCUT2D eigenvalue weighted by Crippen LogP contribution is 2.18. The van der Waals surface area contributed by atoms with Gasteiger partial charge >= 0.3 is 0 Å². The Morgan fingerprint density at radius 3 is 2.21 bits per heavy atom. The van der Waals surface area contributed by atoms with Crippen LogP contribution in [0.15, 0.2) is 53.4 Å². The third-order valence-electron chi connectivity index (χ3n) is 4.49. The monoisotopic (exact) mass is 417 g/mol. The van der Waals surface area contributed by atoms with Crippen LogP contribution in [0.2, 0.25) is 0 Å². The molecule has 0 aromatic heterocycles. The molecule has 0 atom stereocenters. The summed E-state index contributed by atoms with van der Waals surface area (Å²) in [5.41, 5.74) is 1.94. The molecule has 0 aliphatic heterocycles. The minimum atomic E-state index is -3.67. The fraction of sp³-hybridized carbons (Fsp3) is 0.333. The van der Waals surface area contributed by atoms with Crippen LogP contribution in [0.1, 0.15) is 29.8 Å². The number of amides is 2. The van der Waals surface area contributed by atoms with E-state index in [0.717, 1.165) is 5.56 Å². The minimum Gasteiger partial charge on any atom is -0.332 e. The molecule has 0 aliphatic rings. The fourth-order valence-electron chi connectivity index (χ4n) is 2.85. The molecule has 0 saturated heterocycles. The second-order valence-electron chi connectivity index (χ2n) is 6.69. The molecule has 0 unspecified atom stereocenters. The summed E-state index contributed by atoms with van der Waals surface area (Å²) >= 11 is 0. The maximum absolute atomic E-state index is 12.7. The molecular weight excluding hydrogens is 390 g/mol. The Bertz CT molecular complexity index is 968. The number of nitrogens with zero attached hydrogens (tertiary/aromatic N) is 2. The number of rotatable bonds is 8. The normalized spacial score (nSPS) is 11.3. The highest BCUT2D eigenvalue weighted by atomic mass is 32.2. The van der Waals surface area contributed by atoms with Gasteiger partial charge in [-0.1, -0.05) is 37.6 Å². The van der Waals surface area contributed by atoms with E-state index in [-0.39, 0.29) is 22.9 Å². The number of sulfonamides is 1. The first-order valence-electron chi connectivity index (χ1n) is 9.41. The van der Waals surface area contributed by atoms with Gasteiger partial charge < -0.3 is 10.2 Å². The SMILES string of the molecule is CCN(CC)S(=O)(=O)c1cccc(C(=O)N(C)CC(=O)Nc2ccc(C)cc2)c1. The van der Waals surface area contributed by atoms with E-state index in [9.17, 15) is 18.0 Å². The Morgan fingerprint density at radius 2 is 1.62 bits per heavy atom. The minimum absolute atomic E-state index is 0.0598. The third kappa shape index (κ3) is 5.65. The number of anilines is 1. The van der Waals surface area contributed by atoms with Gasteiger partial charge in [-0.2, -0.15) is 4.31 Å². The van der Waals surface area contributed by atoms with Crippen molar-refractivity contribution in [3.8, 4) is 0 Å². The molecule has 7 nitrogen and oxygen atoms in total. The first kappa shape index (κ1) is 22.6. The van der Waals surface area contributed by atoms with Crippen LogP contribution in [0.5, 0.6) is 0 Å². The molecule has 1 N–H and O–H groups in total. The Balaban J connectivity index is 2.11. The standard InChI is InChI=1S/C21H27N3O4S/c1-5-24(6-2)29(27,28)19-9-7-8-17(14-19)21(26)23(4)15-20(25)22-18-12-10-16(3)11-13-18/h7-14H,5-6,15H2,1-4H3,(H,22,25). The lowest BCUT2D eigenvalue weighted by atomic mass is 10.2. The molecule has 0 aliphatic carbocycles. The van der Waals surface area contributed by atoms with Crippen LogP contribution in [-0.4, -0.2) is 56.1 Å². The summed E-state index contributed by atoms with van der Waals surface area (Å²) in [6, 6.07) is 13.2. The van der Waals surface area contributed by atoms with E-state index in [1.807, 2.05) is 19.1 Å². The topological polar surface area (TPSA) is 86.8 Å². The van der Waals surface area contributed by atoms with E-state index < -0.39 is 15.9 Å². The summed E-state index contributed by atoms with van der Waals surface area (Å²) in [7, 11) is -2.16. The van der Waals surface area contributed by atoms with E-state index in [4.69, 9.17) is 0 Å². The first-order valence-corrected chi connectivity index (χ1v) is 10.8. The van der Waals surface area contributed by atoms with Gasteiger partial charge in [-0.05, 0) is 37.3 Å². The second-order valence-corrected chi connectivity index (χ2v) is 8.63. The Hall–Kier alpha value is -2.71. The molecule has 0 fully saturated rings. The van der Waals surface area contributed by atoms with Crippen molar-refractivity contribution in [2.24, 2.45) is 0 Å². The number of likely N-dealkylation sites (N-methyl/N-ethyl adjacent to an activating group) is 1. The Labute approximate surface area is 172 Å². The molecule has 0 heterocycles. The molecule has 0 bridgehead atoms. The van der Waals surface area contributed by atoms with Crippen molar-refractivity contribution in [1.82, 2.24) is 9.21 Å². The van der Waals surface area contributed by atoms with Crippen LogP contribution >= 0.6 is 0 Å². The van der Waals surface area contributed by atoms with Crippen molar-refractivity contribution in [2.45, 2.75) is 25.7 Å². The number of carbonyl (C=O) groups is 2. The predicted molar refractivity (Wildman–Crippen MR) is 113 cm³/mol. The summed E-state index contributed by atoms with van der Waals surface area (Å²) in [6.45, 7) is 6.01. The Morgan fingerprint density at radius 1 is 1.00 bits per heavy atom. The zero-order chi connectivity index (χ0) is 21.6. The quantitative estimate of drug-likeness (QED) is 0.715. The van der Waals surface area contributed by atoms with Gasteiger partial charge in [0.2, 0.25) is 15.9 Å². The maximum atomic E-state index is 12.7. The van der Waals surface area contributed by atoms with Gasteiger partial charge in [0.15, 0.2) is 0 Å². The Kier molecular flexibility index (Phi) is 7.53. The lowest BCUT2D eigenvalue weighted by Gasteiger charge is -2.20. The molecule has 8 heteroatoms. The van der Waals surface area contributed by atoms with Gasteiger partial charge in [-0.25, -0.2) is 8.42 Å². The second kappa shape index (κ2) is 9.67. The molecular formula is C21H27N3O4S. The van der Waals surface area contributed by atoms with Crippen LogP contribution in [0.4, 0.5) is 5.69 Å². The average Bonchev–Trinajstić information content (AvgIpc) is 2.70. The molecule has 0 radical (unpaired) electrons. The molecule has 2 amide bonds. The summed E-state index contributed by atoms with van der Waals surface area (Å²) in [5, 5.41) is 2.74. The van der Waals surface area contributed by atoms with Crippen molar-refractivity contribution >= 4 is 27.5 Å². The smallest absolute Gasteiger partial charge is 0.254 e. The van der Waals surface area contributed by atoms with Crippen LogP contribution in [0, 0.1) is 6.92 Å². The highest BCUT2D eigenvalue weighted by molar-refractivity contribution is 7.89. The summed E-state index contributed by atoms with van der Waals surface area (Å²) in [6.07, 6.45) is 0. The summed E-state index contributed by atoms with van der Waals surface area (Å²) < 4.78 is 26.7. The van der Waals surface area contributed by atoms with E-state index in [2.05, 4.69) is 5.32 Å². The van der Waals surface area contributed by atoms with Crippen molar-refractivity contribution < 1.29 is 18.0 Å². The van der Waals surface area contributed by atoms with Crippen molar-refractivity contribution in [3.63, 3.8) is 0 Å². The maximum Gasteiger partial charge on any atom is 0.254 e. The van der Waals surface area contributed by atoms with E-state index in [1.165, 1.54) is 40.5 Å². The van der Waals surface area contributed by atoms with Gasteiger partial charge in [-0.3, -0.25) is 9.59 Å². The van der Waals surface area contributed by atoms with Gasteiger partial charge in [0, 0.05) is 31.4 Å². The van der Waals surface area contributed by atoms with Crippen molar-refractivity contribution in [2.75, 3.05) is 32.0 Å². The molecule has 0 spiro atoms. The first-order chi connectivity index (χ1) is 13.7. The molecule has 29 heavy (non-hydrogen) atoms. The van der Waals surface area contributed by atoms with Gasteiger partial charge in [0.1, 0.15) is 0 Å². The number of aryl methyl sites for hydroxylation is 1. The van der Waals surface area contributed by atoms with Gasteiger partial charge in [0.25, 0.3) is 5.91 Å². The summed E-state index contributed by atoms with van der Waals surface area (Å²) in [5.74, 6) is -0.766. The zero-order valence-corrected chi connectivity index (χ0v) is 18.0. The van der Waals surface area contributed by atoms with Crippen molar-refractivity contribution in [3.05, 3.63) is 59.7 Å². The number of hydrogen-bond donors (Lipinski definition) is 1. The van der Waals surface area contributed by atoms with Crippen LogP contribution in [-0.2, 0) is 14.8 Å². The molecule has 156 valence electrons. The van der Waals surface area contributed by atoms with E-state index in [0.29, 0.717) is 18.8 Å². The molecule has 2 rings (SSSR count). The van der Waals surface area contributed by atoms with Gasteiger partial charge in [0.05, 0.1) is 11.4 Å². The third-order valence-corrected chi connectivity index (χ3v) is 6.53. The molecule has 2 aromatic rings. The largest absolute Gasteiger partial charge is 0.332 e. The predicted octanol–water partition coefficient (Wildman–Crippen LogP) is 2.74. The van der Waals surface area contributed by atoms with Crippen LogP contribution < -0.4 is 5.32 Å².